The average Bonchev–Trinajstić information content (AvgIpc) is 2.98. The van der Waals surface area contributed by atoms with Gasteiger partial charge in [-0.3, -0.25) is 4.90 Å². The first kappa shape index (κ1) is 15.5. The molecule has 2 nitrogen and oxygen atoms in total. The monoisotopic (exact) mass is 274 g/mol. The average molecular weight is 274 g/mol. The molecule has 0 amide bonds. The Morgan fingerprint density at radius 1 is 1.10 bits per heavy atom. The van der Waals surface area contributed by atoms with Crippen molar-refractivity contribution in [2.45, 2.75) is 51.6 Å². The summed E-state index contributed by atoms with van der Waals surface area (Å²) in [7, 11) is 2.08. The van der Waals surface area contributed by atoms with Gasteiger partial charge >= 0.3 is 0 Å². The van der Waals surface area contributed by atoms with Crippen LogP contribution in [0.4, 0.5) is 0 Å². The lowest BCUT2D eigenvalue weighted by atomic mass is 10.0. The molecule has 1 aliphatic rings. The highest BCUT2D eigenvalue weighted by Crippen LogP contribution is 2.26. The Bertz CT molecular complexity index is 368. The third-order valence-electron chi connectivity index (χ3n) is 4.41. The lowest BCUT2D eigenvalue weighted by Gasteiger charge is -2.33. The summed E-state index contributed by atoms with van der Waals surface area (Å²) >= 11 is 0. The first-order chi connectivity index (χ1) is 9.70. The zero-order chi connectivity index (χ0) is 14.4. The third-order valence-corrected chi connectivity index (χ3v) is 4.41. The van der Waals surface area contributed by atoms with Gasteiger partial charge in [-0.05, 0) is 31.4 Å². The van der Waals surface area contributed by atoms with E-state index in [0.717, 1.165) is 18.5 Å². The van der Waals surface area contributed by atoms with Gasteiger partial charge in [0.05, 0.1) is 0 Å². The number of rotatable bonds is 7. The van der Waals surface area contributed by atoms with Crippen molar-refractivity contribution in [3.05, 3.63) is 35.9 Å². The van der Waals surface area contributed by atoms with Gasteiger partial charge < -0.3 is 5.32 Å². The van der Waals surface area contributed by atoms with Gasteiger partial charge in [0.1, 0.15) is 0 Å². The summed E-state index contributed by atoms with van der Waals surface area (Å²) in [5.41, 5.74) is 1.40. The molecule has 0 spiro atoms. The quantitative estimate of drug-likeness (QED) is 0.812. The van der Waals surface area contributed by atoms with E-state index >= 15 is 0 Å². The van der Waals surface area contributed by atoms with Crippen LogP contribution in [0, 0.1) is 5.92 Å². The van der Waals surface area contributed by atoms with Crippen molar-refractivity contribution in [3.63, 3.8) is 0 Å². The molecule has 1 aromatic rings. The molecule has 1 saturated carbocycles. The van der Waals surface area contributed by atoms with Crippen molar-refractivity contribution < 1.29 is 0 Å². The van der Waals surface area contributed by atoms with Gasteiger partial charge in [-0.1, -0.05) is 57.0 Å². The molecule has 0 aromatic heterocycles. The molecule has 1 aromatic carbocycles. The van der Waals surface area contributed by atoms with Crippen LogP contribution in [-0.2, 0) is 0 Å². The van der Waals surface area contributed by atoms with Crippen LogP contribution in [0.15, 0.2) is 30.3 Å². The Hall–Kier alpha value is -0.860. The van der Waals surface area contributed by atoms with Crippen molar-refractivity contribution >= 4 is 0 Å². The molecule has 0 heterocycles. The lowest BCUT2D eigenvalue weighted by Crippen LogP contribution is -2.41. The van der Waals surface area contributed by atoms with Gasteiger partial charge in [-0.25, -0.2) is 0 Å². The molecular formula is C18H30N2. The van der Waals surface area contributed by atoms with E-state index in [0.29, 0.717) is 6.04 Å². The van der Waals surface area contributed by atoms with E-state index in [1.165, 1.54) is 37.8 Å². The molecule has 1 aliphatic carbocycles. The number of likely N-dealkylation sites (N-methyl/N-ethyl adjacent to an activating group) is 1. The van der Waals surface area contributed by atoms with E-state index in [9.17, 15) is 0 Å². The normalized spacial score (nSPS) is 18.1. The predicted octanol–water partition coefficient (Wildman–Crippen LogP) is 3.85. The second kappa shape index (κ2) is 7.80. The Labute approximate surface area is 124 Å². The van der Waals surface area contributed by atoms with Crippen LogP contribution < -0.4 is 5.32 Å². The summed E-state index contributed by atoms with van der Waals surface area (Å²) in [6, 6.07) is 12.1. The highest BCUT2D eigenvalue weighted by Gasteiger charge is 2.25. The Kier molecular flexibility index (Phi) is 6.06. The zero-order valence-electron chi connectivity index (χ0n) is 13.3. The predicted molar refractivity (Wildman–Crippen MR) is 86.9 cm³/mol. The number of benzene rings is 1. The van der Waals surface area contributed by atoms with Crippen LogP contribution in [0.3, 0.4) is 0 Å². The maximum absolute atomic E-state index is 3.50. The van der Waals surface area contributed by atoms with E-state index in [2.05, 4.69) is 61.4 Å². The topological polar surface area (TPSA) is 15.3 Å². The van der Waals surface area contributed by atoms with E-state index in [1.54, 1.807) is 0 Å². The van der Waals surface area contributed by atoms with E-state index in [1.807, 2.05) is 0 Å². The number of nitrogens with zero attached hydrogens (tertiary/aromatic N) is 1. The Balaban J connectivity index is 2.04. The van der Waals surface area contributed by atoms with Crippen molar-refractivity contribution in [1.82, 2.24) is 10.2 Å². The molecule has 1 unspecified atom stereocenters. The van der Waals surface area contributed by atoms with Crippen LogP contribution in [0.1, 0.15) is 51.1 Å². The minimum Gasteiger partial charge on any atom is -0.312 e. The van der Waals surface area contributed by atoms with Gasteiger partial charge in [0.15, 0.2) is 0 Å². The van der Waals surface area contributed by atoms with Gasteiger partial charge in [0.2, 0.25) is 0 Å². The molecule has 0 aliphatic heterocycles. The first-order valence-electron chi connectivity index (χ1n) is 8.17. The summed E-state index contributed by atoms with van der Waals surface area (Å²) < 4.78 is 0. The zero-order valence-corrected chi connectivity index (χ0v) is 13.3. The molecule has 2 rings (SSSR count). The van der Waals surface area contributed by atoms with Crippen LogP contribution in [-0.4, -0.2) is 31.1 Å². The van der Waals surface area contributed by atoms with E-state index < -0.39 is 0 Å². The lowest BCUT2D eigenvalue weighted by molar-refractivity contribution is 0.160. The fraction of sp³-hybridized carbons (Fsp3) is 0.667. The summed E-state index contributed by atoms with van der Waals surface area (Å²) in [6.07, 6.45) is 5.60. The van der Waals surface area contributed by atoms with Crippen LogP contribution in [0.2, 0.25) is 0 Å². The van der Waals surface area contributed by atoms with Gasteiger partial charge in [0.25, 0.3) is 0 Å². The third kappa shape index (κ3) is 4.32. The molecule has 0 radical (unpaired) electrons. The maximum Gasteiger partial charge on any atom is 0.0446 e. The second-order valence-corrected chi connectivity index (χ2v) is 6.54. The minimum atomic E-state index is 0.440. The summed E-state index contributed by atoms with van der Waals surface area (Å²) in [5.74, 6) is 0.740. The van der Waals surface area contributed by atoms with Crippen molar-refractivity contribution in [2.24, 2.45) is 5.92 Å². The Morgan fingerprint density at radius 3 is 2.30 bits per heavy atom. The van der Waals surface area contributed by atoms with Gasteiger partial charge in [-0.2, -0.15) is 0 Å². The van der Waals surface area contributed by atoms with Gasteiger partial charge in [-0.15, -0.1) is 0 Å². The molecule has 0 bridgehead atoms. The highest BCUT2D eigenvalue weighted by molar-refractivity contribution is 5.19. The van der Waals surface area contributed by atoms with Crippen molar-refractivity contribution in [1.29, 1.82) is 0 Å². The fourth-order valence-electron chi connectivity index (χ4n) is 3.39. The number of nitrogens with one attached hydrogen (secondary N) is 1. The molecule has 20 heavy (non-hydrogen) atoms. The van der Waals surface area contributed by atoms with Crippen molar-refractivity contribution in [2.75, 3.05) is 20.1 Å². The summed E-state index contributed by atoms with van der Waals surface area (Å²) in [4.78, 5) is 2.73. The maximum atomic E-state index is 3.50. The highest BCUT2D eigenvalue weighted by atomic mass is 15.2. The van der Waals surface area contributed by atoms with Crippen molar-refractivity contribution in [3.8, 4) is 0 Å². The molecular weight excluding hydrogens is 244 g/mol. The molecule has 1 N–H and O–H groups in total. The number of hydrogen-bond acceptors (Lipinski definition) is 2. The minimum absolute atomic E-state index is 0.440. The molecule has 2 heteroatoms. The molecule has 1 fully saturated rings. The second-order valence-electron chi connectivity index (χ2n) is 6.54. The number of hydrogen-bond donors (Lipinski definition) is 1. The van der Waals surface area contributed by atoms with Crippen LogP contribution in [0.25, 0.3) is 0 Å². The molecule has 112 valence electrons. The summed E-state index contributed by atoms with van der Waals surface area (Å²) in [6.45, 7) is 7.01. The van der Waals surface area contributed by atoms with Gasteiger partial charge in [0, 0.05) is 25.2 Å². The van der Waals surface area contributed by atoms with Crippen LogP contribution in [0.5, 0.6) is 0 Å². The van der Waals surface area contributed by atoms with E-state index in [4.69, 9.17) is 0 Å². The largest absolute Gasteiger partial charge is 0.312 e. The SMILES string of the molecule is CNC(CN(CC(C)C)C1CCCC1)c1ccccc1. The molecule has 1 atom stereocenters. The standard InChI is InChI=1S/C18H30N2/c1-15(2)13-20(17-11-7-8-12-17)14-18(19-3)16-9-5-4-6-10-16/h4-6,9-10,15,17-19H,7-8,11-14H2,1-3H3. The molecule has 0 saturated heterocycles. The van der Waals surface area contributed by atoms with Crippen LogP contribution >= 0.6 is 0 Å². The summed E-state index contributed by atoms with van der Waals surface area (Å²) in [5, 5.41) is 3.50. The fourth-order valence-corrected chi connectivity index (χ4v) is 3.39. The first-order valence-corrected chi connectivity index (χ1v) is 8.17. The Morgan fingerprint density at radius 2 is 1.75 bits per heavy atom. The smallest absolute Gasteiger partial charge is 0.0446 e. The van der Waals surface area contributed by atoms with E-state index in [-0.39, 0.29) is 0 Å².